The number of hydrogen-bond donors (Lipinski definition) is 0. The van der Waals surface area contributed by atoms with Gasteiger partial charge in [0, 0.05) is 0 Å². The van der Waals surface area contributed by atoms with E-state index in [9.17, 15) is 96.4 Å². The summed E-state index contributed by atoms with van der Waals surface area (Å²) in [4.78, 5) is 4.08. The van der Waals surface area contributed by atoms with Crippen LogP contribution >= 0.6 is 0 Å². The van der Waals surface area contributed by atoms with E-state index in [-0.39, 0.29) is 10.9 Å². The highest BCUT2D eigenvalue weighted by atomic mass is 32.2. The summed E-state index contributed by atoms with van der Waals surface area (Å²) in [7, 11) is -8.27. The minimum atomic E-state index is -9.17. The molecular weight excluding hydrogens is 797 g/mol. The predicted molar refractivity (Wildman–Crippen MR) is 137 cm³/mol. The number of alkyl halides is 19. The molecule has 0 aliphatic rings. The standard InChI is InChI=1S/C18H15S.C9HF19O3S/c1-4-10-16(11-5-1)19(17-12-6-2-7-13-17)18-14-8-3-9-15-18;10-1(11,2(12,13)4(16,17)6(20,21)8(24,25)26)3(14,15)5(18,19)7(22,23)9(27,28)32(29,30)31/h1-15H;(H,29,30,31)/q+1;/p-1. The van der Waals surface area contributed by atoms with E-state index in [1.165, 1.54) is 14.7 Å². The van der Waals surface area contributed by atoms with E-state index in [1.807, 2.05) is 0 Å². The molecule has 3 aromatic rings. The van der Waals surface area contributed by atoms with Gasteiger partial charge in [-0.25, -0.2) is 8.42 Å². The molecule has 0 saturated heterocycles. The Morgan fingerprint density at radius 3 is 0.804 bits per heavy atom. The zero-order valence-corrected chi connectivity index (χ0v) is 25.5. The molecule has 0 atom stereocenters. The van der Waals surface area contributed by atoms with Gasteiger partial charge in [-0.05, 0) is 36.4 Å². The second-order valence-electron chi connectivity index (χ2n) is 9.73. The SMILES string of the molecule is O=S(=O)([O-])C(F)(F)C(F)(F)C(F)(F)C(F)(F)C(F)(F)C(F)(F)C(F)(F)C(F)(F)C(F)(F)F.c1ccc([S+](c2ccccc2)c2ccccc2)cc1. The summed E-state index contributed by atoms with van der Waals surface area (Å²) in [5.41, 5.74) is 0. The first-order valence-corrected chi connectivity index (χ1v) is 15.3. The van der Waals surface area contributed by atoms with Gasteiger partial charge in [0.25, 0.3) is 0 Å². The van der Waals surface area contributed by atoms with Gasteiger partial charge < -0.3 is 4.55 Å². The van der Waals surface area contributed by atoms with E-state index in [1.54, 1.807) is 0 Å². The monoisotopic (exact) mass is 812 g/mol. The fraction of sp³-hybridized carbons (Fsp3) is 0.333. The van der Waals surface area contributed by atoms with E-state index < -0.39 is 63.0 Å². The van der Waals surface area contributed by atoms with Crippen molar-refractivity contribution in [3.05, 3.63) is 91.0 Å². The van der Waals surface area contributed by atoms with Crippen molar-refractivity contribution in [2.75, 3.05) is 0 Å². The predicted octanol–water partition coefficient (Wildman–Crippen LogP) is 9.92. The van der Waals surface area contributed by atoms with Crippen LogP contribution in [0.5, 0.6) is 0 Å². The highest BCUT2D eigenvalue weighted by molar-refractivity contribution is 7.97. The van der Waals surface area contributed by atoms with Crippen molar-refractivity contribution >= 4 is 21.0 Å². The molecule has 0 saturated carbocycles. The molecule has 0 unspecified atom stereocenters. The summed E-state index contributed by atoms with van der Waals surface area (Å²) in [6.45, 7) is 0. The van der Waals surface area contributed by atoms with E-state index in [4.69, 9.17) is 0 Å². The number of halogens is 19. The van der Waals surface area contributed by atoms with Crippen molar-refractivity contribution in [1.29, 1.82) is 0 Å². The van der Waals surface area contributed by atoms with Crippen LogP contribution in [0.4, 0.5) is 83.4 Å². The third-order valence-corrected chi connectivity index (χ3v) is 9.45. The van der Waals surface area contributed by atoms with Crippen molar-refractivity contribution in [2.24, 2.45) is 0 Å². The molecule has 0 aromatic heterocycles. The summed E-state index contributed by atoms with van der Waals surface area (Å²) in [6, 6.07) is 32.2. The molecular formula is C27H15F19O3S2. The zero-order valence-electron chi connectivity index (χ0n) is 23.9. The highest BCUT2D eigenvalue weighted by Gasteiger charge is 2.97. The topological polar surface area (TPSA) is 57.2 Å². The van der Waals surface area contributed by atoms with Gasteiger partial charge in [-0.15, -0.1) is 0 Å². The molecule has 0 spiro atoms. The van der Waals surface area contributed by atoms with E-state index in [0.717, 1.165) is 0 Å². The Morgan fingerprint density at radius 2 is 0.588 bits per heavy atom. The van der Waals surface area contributed by atoms with Crippen LogP contribution in [0, 0.1) is 0 Å². The minimum absolute atomic E-state index is 0.0146. The van der Waals surface area contributed by atoms with Gasteiger partial charge >= 0.3 is 52.9 Å². The molecule has 3 aromatic carbocycles. The Morgan fingerprint density at radius 1 is 0.373 bits per heavy atom. The van der Waals surface area contributed by atoms with E-state index >= 15 is 0 Å². The second kappa shape index (κ2) is 13.9. The molecule has 3 rings (SSSR count). The first-order chi connectivity index (χ1) is 22.7. The summed E-state index contributed by atoms with van der Waals surface area (Å²) < 4.78 is 272. The van der Waals surface area contributed by atoms with Gasteiger partial charge in [0.15, 0.2) is 24.8 Å². The van der Waals surface area contributed by atoms with Crippen LogP contribution in [-0.4, -0.2) is 65.9 Å². The molecule has 0 aliphatic heterocycles. The Labute approximate surface area is 276 Å². The van der Waals surface area contributed by atoms with Crippen LogP contribution < -0.4 is 0 Å². The fourth-order valence-electron chi connectivity index (χ4n) is 3.58. The van der Waals surface area contributed by atoms with Crippen molar-refractivity contribution < 1.29 is 96.4 Å². The average molecular weight is 813 g/mol. The molecule has 24 heteroatoms. The van der Waals surface area contributed by atoms with Crippen molar-refractivity contribution in [3.8, 4) is 0 Å². The number of benzene rings is 3. The largest absolute Gasteiger partial charge is 0.743 e. The van der Waals surface area contributed by atoms with Crippen molar-refractivity contribution in [1.82, 2.24) is 0 Å². The van der Waals surface area contributed by atoms with Crippen LogP contribution in [0.1, 0.15) is 0 Å². The van der Waals surface area contributed by atoms with E-state index in [0.29, 0.717) is 0 Å². The molecule has 51 heavy (non-hydrogen) atoms. The first-order valence-electron chi connectivity index (χ1n) is 12.6. The Kier molecular flexibility index (Phi) is 11.9. The molecule has 3 nitrogen and oxygen atoms in total. The minimum Gasteiger partial charge on any atom is -0.743 e. The summed E-state index contributed by atoms with van der Waals surface area (Å²) >= 11 is 0. The summed E-state index contributed by atoms with van der Waals surface area (Å²) in [5, 5.41) is -8.07. The molecule has 0 heterocycles. The lowest BCUT2D eigenvalue weighted by Gasteiger charge is -2.43. The maximum Gasteiger partial charge on any atom is 0.460 e. The van der Waals surface area contributed by atoms with Crippen LogP contribution in [0.25, 0.3) is 0 Å². The molecule has 0 fully saturated rings. The molecule has 0 bridgehead atoms. The van der Waals surface area contributed by atoms with Crippen LogP contribution in [0.3, 0.4) is 0 Å². The summed E-state index contributed by atoms with van der Waals surface area (Å²) in [6.07, 6.45) is -8.00. The molecule has 0 amide bonds. The van der Waals surface area contributed by atoms with Gasteiger partial charge in [0.1, 0.15) is 0 Å². The molecule has 286 valence electrons. The Balaban J connectivity index is 0.000000397. The van der Waals surface area contributed by atoms with E-state index in [2.05, 4.69) is 91.0 Å². The van der Waals surface area contributed by atoms with Crippen LogP contribution in [-0.2, 0) is 21.0 Å². The third-order valence-electron chi connectivity index (χ3n) is 6.34. The first kappa shape index (κ1) is 43.8. The lowest BCUT2D eigenvalue weighted by Crippen LogP contribution is -2.76. The molecule has 0 aliphatic carbocycles. The number of rotatable bonds is 11. The van der Waals surface area contributed by atoms with Gasteiger partial charge in [-0.2, -0.15) is 83.4 Å². The normalized spacial score (nSPS) is 14.6. The zero-order chi connectivity index (χ0) is 39.9. The second-order valence-corrected chi connectivity index (χ2v) is 13.2. The van der Waals surface area contributed by atoms with Crippen molar-refractivity contribution in [2.45, 2.75) is 67.6 Å². The van der Waals surface area contributed by atoms with Gasteiger partial charge in [-0.1, -0.05) is 54.6 Å². The average Bonchev–Trinajstić information content (AvgIpc) is 3.01. The Hall–Kier alpha value is -3.41. The molecule has 0 N–H and O–H groups in total. The maximum atomic E-state index is 13.2. The quantitative estimate of drug-likeness (QED) is 0.110. The smallest absolute Gasteiger partial charge is 0.460 e. The van der Waals surface area contributed by atoms with Gasteiger partial charge in [0.2, 0.25) is 0 Å². The van der Waals surface area contributed by atoms with Gasteiger partial charge in [0.05, 0.1) is 10.9 Å². The maximum absolute atomic E-state index is 13.2. The summed E-state index contributed by atoms with van der Waals surface area (Å²) in [5.74, 6) is -62.3. The lowest BCUT2D eigenvalue weighted by molar-refractivity contribution is -0.466. The van der Waals surface area contributed by atoms with Crippen LogP contribution in [0.15, 0.2) is 106 Å². The van der Waals surface area contributed by atoms with Gasteiger partial charge in [-0.3, -0.25) is 0 Å². The lowest BCUT2D eigenvalue weighted by atomic mass is 9.89. The van der Waals surface area contributed by atoms with Crippen LogP contribution in [0.2, 0.25) is 0 Å². The Bertz CT molecular complexity index is 1620. The fourth-order valence-corrected chi connectivity index (χ4v) is 6.13. The third kappa shape index (κ3) is 7.18. The number of hydrogen-bond acceptors (Lipinski definition) is 3. The van der Waals surface area contributed by atoms with Crippen molar-refractivity contribution in [3.63, 3.8) is 0 Å². The highest BCUT2D eigenvalue weighted by Crippen LogP contribution is 2.65. The molecule has 0 radical (unpaired) electrons.